The van der Waals surface area contributed by atoms with Gasteiger partial charge in [0.15, 0.2) is 0 Å². The lowest BCUT2D eigenvalue weighted by Crippen LogP contribution is -2.45. The minimum absolute atomic E-state index is 0.0764. The van der Waals surface area contributed by atoms with Gasteiger partial charge < -0.3 is 10.4 Å². The molecule has 4 rings (SSSR count). The zero-order chi connectivity index (χ0) is 19.7. The average Bonchev–Trinajstić information content (AvgIpc) is 3.00. The SMILES string of the molecule is Cc1c(NC(=O)CN2CC[C@@H](c3ccc4ccccc4c3)[C@H](O)C2)cnn1C. The third-order valence-corrected chi connectivity index (χ3v) is 5.74. The van der Waals surface area contributed by atoms with E-state index in [0.29, 0.717) is 6.54 Å². The molecule has 1 fully saturated rings. The number of carbonyl (C=O) groups is 1. The summed E-state index contributed by atoms with van der Waals surface area (Å²) < 4.78 is 1.73. The molecule has 3 aromatic rings. The van der Waals surface area contributed by atoms with E-state index >= 15 is 0 Å². The number of amides is 1. The standard InChI is InChI=1S/C22H26N4O2/c1-15-20(12-23-25(15)2)24-22(28)14-26-10-9-19(21(27)13-26)18-8-7-16-5-3-4-6-17(16)11-18/h3-8,11-12,19,21,27H,9-10,13-14H2,1-2H3,(H,24,28)/t19-,21+/m0/s1. The van der Waals surface area contributed by atoms with Crippen LogP contribution in [0.25, 0.3) is 10.8 Å². The number of benzene rings is 2. The lowest BCUT2D eigenvalue weighted by atomic mass is 9.86. The molecule has 2 N–H and O–H groups in total. The molecular formula is C22H26N4O2. The Labute approximate surface area is 164 Å². The van der Waals surface area contributed by atoms with E-state index in [-0.39, 0.29) is 18.4 Å². The second-order valence-corrected chi connectivity index (χ2v) is 7.62. The molecule has 0 spiro atoms. The number of piperidine rings is 1. The molecule has 0 bridgehead atoms. The molecule has 2 aromatic carbocycles. The number of carbonyl (C=O) groups excluding carboxylic acids is 1. The summed E-state index contributed by atoms with van der Waals surface area (Å²) in [5.74, 6) is 0.0249. The lowest BCUT2D eigenvalue weighted by Gasteiger charge is -2.35. The van der Waals surface area contributed by atoms with Crippen molar-refractivity contribution in [3.8, 4) is 0 Å². The molecule has 0 radical (unpaired) electrons. The quantitative estimate of drug-likeness (QED) is 0.732. The Morgan fingerprint density at radius 2 is 2.04 bits per heavy atom. The number of hydrogen-bond donors (Lipinski definition) is 2. The minimum Gasteiger partial charge on any atom is -0.391 e. The Morgan fingerprint density at radius 3 is 2.75 bits per heavy atom. The summed E-state index contributed by atoms with van der Waals surface area (Å²) in [6.07, 6.45) is 2.01. The van der Waals surface area contributed by atoms with E-state index in [1.54, 1.807) is 10.9 Å². The van der Waals surface area contributed by atoms with E-state index in [0.717, 1.165) is 24.3 Å². The molecule has 6 nitrogen and oxygen atoms in total. The molecule has 1 saturated heterocycles. The second-order valence-electron chi connectivity index (χ2n) is 7.62. The highest BCUT2D eigenvalue weighted by Gasteiger charge is 2.30. The third-order valence-electron chi connectivity index (χ3n) is 5.74. The van der Waals surface area contributed by atoms with E-state index in [2.05, 4.69) is 40.7 Å². The Morgan fingerprint density at radius 1 is 1.25 bits per heavy atom. The summed E-state index contributed by atoms with van der Waals surface area (Å²) in [5, 5.41) is 20.2. The normalized spacial score (nSPS) is 20.4. The van der Waals surface area contributed by atoms with Gasteiger partial charge in [0, 0.05) is 19.5 Å². The van der Waals surface area contributed by atoms with Gasteiger partial charge in [-0.1, -0.05) is 42.5 Å². The fourth-order valence-corrected chi connectivity index (χ4v) is 3.98. The molecule has 1 aliphatic rings. The van der Waals surface area contributed by atoms with Crippen LogP contribution in [0, 0.1) is 6.92 Å². The topological polar surface area (TPSA) is 70.4 Å². The van der Waals surface area contributed by atoms with Crippen molar-refractivity contribution in [2.75, 3.05) is 25.0 Å². The van der Waals surface area contributed by atoms with Crippen molar-refractivity contribution in [1.29, 1.82) is 0 Å². The van der Waals surface area contributed by atoms with Crippen LogP contribution in [0.1, 0.15) is 23.6 Å². The van der Waals surface area contributed by atoms with Gasteiger partial charge in [0.2, 0.25) is 5.91 Å². The van der Waals surface area contributed by atoms with Crippen LogP contribution < -0.4 is 5.32 Å². The number of β-amino-alcohol motifs (C(OH)–C–C–N with tert-alkyl or cyclic N) is 1. The Hall–Kier alpha value is -2.70. The van der Waals surface area contributed by atoms with Crippen molar-refractivity contribution in [1.82, 2.24) is 14.7 Å². The number of aromatic nitrogens is 2. The number of likely N-dealkylation sites (tertiary alicyclic amines) is 1. The van der Waals surface area contributed by atoms with Crippen molar-refractivity contribution in [3.05, 3.63) is 59.9 Å². The number of fused-ring (bicyclic) bond motifs is 1. The molecule has 6 heteroatoms. The van der Waals surface area contributed by atoms with Crippen LogP contribution in [0.4, 0.5) is 5.69 Å². The maximum atomic E-state index is 12.4. The molecular weight excluding hydrogens is 352 g/mol. The van der Waals surface area contributed by atoms with Crippen molar-refractivity contribution >= 4 is 22.4 Å². The summed E-state index contributed by atoms with van der Waals surface area (Å²) in [6.45, 7) is 3.47. The predicted octanol–water partition coefficient (Wildman–Crippen LogP) is 2.67. The van der Waals surface area contributed by atoms with E-state index in [1.807, 2.05) is 31.0 Å². The predicted molar refractivity (Wildman–Crippen MR) is 110 cm³/mol. The minimum atomic E-state index is -0.483. The molecule has 1 aromatic heterocycles. The molecule has 0 saturated carbocycles. The number of nitrogens with zero attached hydrogens (tertiary/aromatic N) is 3. The lowest BCUT2D eigenvalue weighted by molar-refractivity contribution is -0.118. The van der Waals surface area contributed by atoms with E-state index < -0.39 is 6.10 Å². The Kier molecular flexibility index (Phi) is 5.15. The Bertz CT molecular complexity index is 997. The fourth-order valence-electron chi connectivity index (χ4n) is 3.98. The first-order valence-corrected chi connectivity index (χ1v) is 9.69. The van der Waals surface area contributed by atoms with Crippen LogP contribution in [-0.2, 0) is 11.8 Å². The van der Waals surface area contributed by atoms with Gasteiger partial charge in [0.05, 0.1) is 30.2 Å². The number of aryl methyl sites for hydroxylation is 1. The average molecular weight is 378 g/mol. The van der Waals surface area contributed by atoms with Crippen molar-refractivity contribution in [2.24, 2.45) is 7.05 Å². The maximum Gasteiger partial charge on any atom is 0.238 e. The molecule has 1 amide bonds. The van der Waals surface area contributed by atoms with Crippen molar-refractivity contribution in [2.45, 2.75) is 25.4 Å². The van der Waals surface area contributed by atoms with Crippen LogP contribution in [0.15, 0.2) is 48.7 Å². The van der Waals surface area contributed by atoms with Gasteiger partial charge in [-0.15, -0.1) is 0 Å². The summed E-state index contributed by atoms with van der Waals surface area (Å²) in [7, 11) is 1.85. The smallest absolute Gasteiger partial charge is 0.238 e. The molecule has 2 atom stereocenters. The monoisotopic (exact) mass is 378 g/mol. The fraction of sp³-hybridized carbons (Fsp3) is 0.364. The summed E-state index contributed by atoms with van der Waals surface area (Å²) in [4.78, 5) is 14.4. The second kappa shape index (κ2) is 7.73. The van der Waals surface area contributed by atoms with Gasteiger partial charge in [-0.05, 0) is 36.2 Å². The number of nitrogens with one attached hydrogen (secondary N) is 1. The van der Waals surface area contributed by atoms with Crippen LogP contribution in [0.3, 0.4) is 0 Å². The molecule has 2 heterocycles. The zero-order valence-corrected chi connectivity index (χ0v) is 16.3. The summed E-state index contributed by atoms with van der Waals surface area (Å²) in [6, 6.07) is 14.7. The van der Waals surface area contributed by atoms with Crippen molar-refractivity contribution < 1.29 is 9.90 Å². The van der Waals surface area contributed by atoms with Gasteiger partial charge in [-0.3, -0.25) is 14.4 Å². The summed E-state index contributed by atoms with van der Waals surface area (Å²) in [5.41, 5.74) is 2.82. The third kappa shape index (κ3) is 3.79. The number of aliphatic hydroxyl groups excluding tert-OH is 1. The van der Waals surface area contributed by atoms with Crippen molar-refractivity contribution in [3.63, 3.8) is 0 Å². The van der Waals surface area contributed by atoms with E-state index in [9.17, 15) is 9.90 Å². The molecule has 1 aliphatic heterocycles. The van der Waals surface area contributed by atoms with Gasteiger partial charge >= 0.3 is 0 Å². The molecule has 0 aliphatic carbocycles. The maximum absolute atomic E-state index is 12.4. The van der Waals surface area contributed by atoms with Crippen LogP contribution >= 0.6 is 0 Å². The number of aliphatic hydroxyl groups is 1. The highest BCUT2D eigenvalue weighted by molar-refractivity contribution is 5.92. The van der Waals surface area contributed by atoms with Crippen LogP contribution in [0.5, 0.6) is 0 Å². The molecule has 146 valence electrons. The highest BCUT2D eigenvalue weighted by atomic mass is 16.3. The largest absolute Gasteiger partial charge is 0.391 e. The summed E-state index contributed by atoms with van der Waals surface area (Å²) >= 11 is 0. The van der Waals surface area contributed by atoms with Gasteiger partial charge in [0.1, 0.15) is 0 Å². The first-order chi connectivity index (χ1) is 13.5. The number of hydrogen-bond acceptors (Lipinski definition) is 4. The van der Waals surface area contributed by atoms with Gasteiger partial charge in [0.25, 0.3) is 0 Å². The molecule has 28 heavy (non-hydrogen) atoms. The van der Waals surface area contributed by atoms with E-state index in [4.69, 9.17) is 0 Å². The number of anilines is 1. The first kappa shape index (κ1) is 18.7. The highest BCUT2D eigenvalue weighted by Crippen LogP contribution is 2.30. The number of rotatable bonds is 4. The molecule has 0 unspecified atom stereocenters. The van der Waals surface area contributed by atoms with Crippen LogP contribution in [-0.4, -0.2) is 51.4 Å². The van der Waals surface area contributed by atoms with Gasteiger partial charge in [-0.25, -0.2) is 0 Å². The Balaban J connectivity index is 1.37. The van der Waals surface area contributed by atoms with Gasteiger partial charge in [-0.2, -0.15) is 5.10 Å². The van der Waals surface area contributed by atoms with Crippen LogP contribution in [0.2, 0.25) is 0 Å². The zero-order valence-electron chi connectivity index (χ0n) is 16.3. The van der Waals surface area contributed by atoms with E-state index in [1.165, 1.54) is 16.3 Å². The first-order valence-electron chi connectivity index (χ1n) is 9.69.